The molecule has 1 aliphatic rings. The molecule has 1 aliphatic heterocycles. The number of ether oxygens (including phenoxy) is 1. The van der Waals surface area contributed by atoms with Crippen LogP contribution < -0.4 is 4.74 Å². The van der Waals surface area contributed by atoms with Crippen LogP contribution >= 0.6 is 11.6 Å². The van der Waals surface area contributed by atoms with Gasteiger partial charge in [0.2, 0.25) is 0 Å². The van der Waals surface area contributed by atoms with Crippen molar-refractivity contribution >= 4 is 34.3 Å². The predicted molar refractivity (Wildman–Crippen MR) is 110 cm³/mol. The van der Waals surface area contributed by atoms with E-state index >= 15 is 0 Å². The van der Waals surface area contributed by atoms with Gasteiger partial charge in [-0.25, -0.2) is 0 Å². The van der Waals surface area contributed by atoms with Crippen LogP contribution in [0.2, 0.25) is 5.02 Å². The van der Waals surface area contributed by atoms with Gasteiger partial charge in [0.25, 0.3) is 0 Å². The second-order valence-corrected chi connectivity index (χ2v) is 7.42. The Labute approximate surface area is 159 Å². The molecule has 0 radical (unpaired) electrons. The van der Waals surface area contributed by atoms with Gasteiger partial charge in [-0.3, -0.25) is 0 Å². The maximum absolute atomic E-state index is 6.29. The summed E-state index contributed by atoms with van der Waals surface area (Å²) < 4.78 is 7.62. The summed E-state index contributed by atoms with van der Waals surface area (Å²) in [4.78, 5) is 2.37. The number of allylic oxidation sites excluding steroid dienone is 1. The van der Waals surface area contributed by atoms with Crippen LogP contribution in [0.1, 0.15) is 23.7 Å². The number of nitrogens with zero attached hydrogens (tertiary/aromatic N) is 2. The first-order valence-corrected chi connectivity index (χ1v) is 9.27. The third-order valence-electron chi connectivity index (χ3n) is 5.21. The summed E-state index contributed by atoms with van der Waals surface area (Å²) >= 11 is 6.29. The third-order valence-corrected chi connectivity index (χ3v) is 5.44. The molecule has 3 aromatic rings. The first-order chi connectivity index (χ1) is 12.6. The van der Waals surface area contributed by atoms with Gasteiger partial charge in [-0.1, -0.05) is 23.7 Å². The molecule has 4 rings (SSSR count). The standard InChI is InChI=1S/C22H23ClN2O/c1-15(16-4-7-18(26-3)8-5-16)13-25-21-9-6-17(23)12-19(21)20-14-24(2)11-10-22(20)25/h4-9,12-13H,10-11,14H2,1-3H3. The minimum absolute atomic E-state index is 0.793. The Morgan fingerprint density at radius 1 is 1.15 bits per heavy atom. The maximum Gasteiger partial charge on any atom is 0.118 e. The third kappa shape index (κ3) is 3.02. The molecule has 4 heteroatoms. The SMILES string of the molecule is COc1ccc(C(C)=Cn2c3c(c4cc(Cl)ccc42)CN(C)CC3)cc1. The number of benzene rings is 2. The van der Waals surface area contributed by atoms with Crippen LogP contribution in [0.3, 0.4) is 0 Å². The minimum atomic E-state index is 0.793. The van der Waals surface area contributed by atoms with E-state index in [0.29, 0.717) is 0 Å². The normalized spacial score (nSPS) is 15.3. The molecule has 1 aromatic heterocycles. The molecule has 134 valence electrons. The molecular weight excluding hydrogens is 344 g/mol. The predicted octanol–water partition coefficient (Wildman–Crippen LogP) is 5.31. The summed E-state index contributed by atoms with van der Waals surface area (Å²) in [7, 11) is 3.87. The molecule has 0 fully saturated rings. The zero-order chi connectivity index (χ0) is 18.3. The second kappa shape index (κ2) is 6.82. The highest BCUT2D eigenvalue weighted by atomic mass is 35.5. The average Bonchev–Trinajstić information content (AvgIpc) is 2.94. The van der Waals surface area contributed by atoms with Crippen LogP contribution in [0.15, 0.2) is 42.5 Å². The van der Waals surface area contributed by atoms with Gasteiger partial charge in [0, 0.05) is 41.8 Å². The van der Waals surface area contributed by atoms with Gasteiger partial charge in [-0.2, -0.15) is 0 Å². The fourth-order valence-corrected chi connectivity index (χ4v) is 3.94. The van der Waals surface area contributed by atoms with Crippen LogP contribution in [-0.2, 0) is 13.0 Å². The van der Waals surface area contributed by atoms with E-state index in [0.717, 1.165) is 30.3 Å². The molecule has 0 saturated heterocycles. The van der Waals surface area contributed by atoms with Crippen molar-refractivity contribution in [2.45, 2.75) is 19.9 Å². The summed E-state index contributed by atoms with van der Waals surface area (Å²) in [5.74, 6) is 0.878. The Morgan fingerprint density at radius 2 is 1.92 bits per heavy atom. The number of hydrogen-bond donors (Lipinski definition) is 0. The van der Waals surface area contributed by atoms with Crippen molar-refractivity contribution in [3.05, 3.63) is 64.3 Å². The summed E-state index contributed by atoms with van der Waals surface area (Å²) in [5.41, 5.74) is 6.44. The van der Waals surface area contributed by atoms with Crippen LogP contribution in [0.5, 0.6) is 5.75 Å². The molecule has 0 unspecified atom stereocenters. The molecule has 0 N–H and O–H groups in total. The highest BCUT2D eigenvalue weighted by molar-refractivity contribution is 6.31. The summed E-state index contributed by atoms with van der Waals surface area (Å²) in [6, 6.07) is 14.4. The molecule has 0 saturated carbocycles. The number of rotatable bonds is 3. The fourth-order valence-electron chi connectivity index (χ4n) is 3.77. The van der Waals surface area contributed by atoms with Crippen molar-refractivity contribution < 1.29 is 4.74 Å². The van der Waals surface area contributed by atoms with Gasteiger partial charge in [0.05, 0.1) is 12.6 Å². The Kier molecular flexibility index (Phi) is 4.51. The molecule has 3 nitrogen and oxygen atoms in total. The fraction of sp³-hybridized carbons (Fsp3) is 0.273. The molecular formula is C22H23ClN2O. The molecule has 0 aliphatic carbocycles. The molecule has 2 aromatic carbocycles. The van der Waals surface area contributed by atoms with Crippen LogP contribution in [0.25, 0.3) is 22.7 Å². The van der Waals surface area contributed by atoms with Crippen molar-refractivity contribution in [1.29, 1.82) is 0 Å². The number of fused-ring (bicyclic) bond motifs is 3. The van der Waals surface area contributed by atoms with E-state index in [1.165, 1.54) is 33.3 Å². The van der Waals surface area contributed by atoms with Crippen LogP contribution in [0, 0.1) is 0 Å². The van der Waals surface area contributed by atoms with Crippen LogP contribution in [0.4, 0.5) is 0 Å². The molecule has 0 amide bonds. The van der Waals surface area contributed by atoms with E-state index in [4.69, 9.17) is 16.3 Å². The van der Waals surface area contributed by atoms with E-state index in [9.17, 15) is 0 Å². The summed E-state index contributed by atoms with van der Waals surface area (Å²) in [6.07, 6.45) is 3.30. The van der Waals surface area contributed by atoms with E-state index < -0.39 is 0 Å². The Balaban J connectivity index is 1.85. The molecule has 2 heterocycles. The quantitative estimate of drug-likeness (QED) is 0.625. The van der Waals surface area contributed by atoms with Gasteiger partial charge in [0.1, 0.15) is 5.75 Å². The number of likely N-dealkylation sites (N-methyl/N-ethyl adjacent to an activating group) is 1. The monoisotopic (exact) mass is 366 g/mol. The first kappa shape index (κ1) is 17.2. The second-order valence-electron chi connectivity index (χ2n) is 6.99. The first-order valence-electron chi connectivity index (χ1n) is 8.89. The Hall–Kier alpha value is -2.23. The van der Waals surface area contributed by atoms with E-state index in [1.54, 1.807) is 7.11 Å². The van der Waals surface area contributed by atoms with Crippen molar-refractivity contribution in [2.24, 2.45) is 0 Å². The highest BCUT2D eigenvalue weighted by Gasteiger charge is 2.22. The lowest BCUT2D eigenvalue weighted by Gasteiger charge is -2.23. The lowest BCUT2D eigenvalue weighted by atomic mass is 10.1. The molecule has 0 bridgehead atoms. The minimum Gasteiger partial charge on any atom is -0.497 e. The molecule has 0 spiro atoms. The van der Waals surface area contributed by atoms with E-state index in [1.807, 2.05) is 18.2 Å². The number of halogens is 1. The van der Waals surface area contributed by atoms with E-state index in [2.05, 4.69) is 53.9 Å². The van der Waals surface area contributed by atoms with Crippen molar-refractivity contribution in [2.75, 3.05) is 20.7 Å². The van der Waals surface area contributed by atoms with Gasteiger partial charge in [0.15, 0.2) is 0 Å². The van der Waals surface area contributed by atoms with Gasteiger partial charge < -0.3 is 14.2 Å². The van der Waals surface area contributed by atoms with Crippen molar-refractivity contribution in [1.82, 2.24) is 9.47 Å². The number of aromatic nitrogens is 1. The van der Waals surface area contributed by atoms with Crippen molar-refractivity contribution in [3.63, 3.8) is 0 Å². The van der Waals surface area contributed by atoms with Gasteiger partial charge >= 0.3 is 0 Å². The zero-order valence-corrected chi connectivity index (χ0v) is 16.2. The largest absolute Gasteiger partial charge is 0.497 e. The van der Waals surface area contributed by atoms with Gasteiger partial charge in [-0.05, 0) is 61.0 Å². The van der Waals surface area contributed by atoms with E-state index in [-0.39, 0.29) is 0 Å². The lowest BCUT2D eigenvalue weighted by Crippen LogP contribution is -2.26. The van der Waals surface area contributed by atoms with Crippen LogP contribution in [-0.4, -0.2) is 30.2 Å². The van der Waals surface area contributed by atoms with Gasteiger partial charge in [-0.15, -0.1) is 0 Å². The maximum atomic E-state index is 6.29. The Morgan fingerprint density at radius 3 is 2.65 bits per heavy atom. The summed E-state index contributed by atoms with van der Waals surface area (Å²) in [5, 5.41) is 2.05. The topological polar surface area (TPSA) is 17.4 Å². The number of methoxy groups -OCH3 is 1. The zero-order valence-electron chi connectivity index (χ0n) is 15.4. The lowest BCUT2D eigenvalue weighted by molar-refractivity contribution is 0.312. The Bertz CT molecular complexity index is 986. The smallest absolute Gasteiger partial charge is 0.118 e. The molecule has 0 atom stereocenters. The molecule has 26 heavy (non-hydrogen) atoms. The van der Waals surface area contributed by atoms with Crippen molar-refractivity contribution in [3.8, 4) is 5.75 Å². The summed E-state index contributed by atoms with van der Waals surface area (Å²) in [6.45, 7) is 4.20. The highest BCUT2D eigenvalue weighted by Crippen LogP contribution is 2.33. The number of hydrogen-bond acceptors (Lipinski definition) is 2. The average molecular weight is 367 g/mol.